The standard InChI is InChI=1S/C20H32O6/c1-9-12-5-4-10-11(17(24)25)7-19(12,16(10)23)8-15(22)20(26)13(9)6-14(21)18(20,2)3/h9-16,21-23,26H,4-8H2,1-3H3,(H,24,25)/t9-,10-,11-,12-,13-,14-,15+,16+,19+,20-/m0/s1. The summed E-state index contributed by atoms with van der Waals surface area (Å²) in [5, 5.41) is 54.1. The van der Waals surface area contributed by atoms with Crippen molar-refractivity contribution in [1.29, 1.82) is 0 Å². The highest BCUT2D eigenvalue weighted by Crippen LogP contribution is 2.68. The van der Waals surface area contributed by atoms with Crippen molar-refractivity contribution in [3.8, 4) is 0 Å². The van der Waals surface area contributed by atoms with Crippen LogP contribution < -0.4 is 0 Å². The van der Waals surface area contributed by atoms with E-state index in [1.165, 1.54) is 0 Å². The second kappa shape index (κ2) is 5.43. The van der Waals surface area contributed by atoms with Crippen LogP contribution in [0.25, 0.3) is 0 Å². The zero-order valence-corrected chi connectivity index (χ0v) is 15.8. The van der Waals surface area contributed by atoms with Gasteiger partial charge in [0.05, 0.1) is 24.2 Å². The molecule has 0 heterocycles. The van der Waals surface area contributed by atoms with Gasteiger partial charge in [0.15, 0.2) is 0 Å². The Morgan fingerprint density at radius 2 is 1.65 bits per heavy atom. The minimum Gasteiger partial charge on any atom is -0.481 e. The van der Waals surface area contributed by atoms with Gasteiger partial charge in [0, 0.05) is 10.8 Å². The van der Waals surface area contributed by atoms with Crippen molar-refractivity contribution >= 4 is 5.97 Å². The summed E-state index contributed by atoms with van der Waals surface area (Å²) in [6.07, 6.45) is -0.0671. The molecular formula is C20H32O6. The van der Waals surface area contributed by atoms with Gasteiger partial charge in [0.1, 0.15) is 5.60 Å². The molecule has 26 heavy (non-hydrogen) atoms. The molecule has 10 atom stereocenters. The predicted molar refractivity (Wildman–Crippen MR) is 93.0 cm³/mol. The molecule has 0 amide bonds. The maximum absolute atomic E-state index is 11.8. The highest BCUT2D eigenvalue weighted by atomic mass is 16.4. The quantitative estimate of drug-likeness (QED) is 0.471. The first kappa shape index (κ1) is 18.7. The third-order valence-electron chi connectivity index (χ3n) is 9.24. The SMILES string of the molecule is C[C@H]1[C@@H]2CC[C@H]3[C@@H](C(=O)O)C[C@]2(C[C@@H](O)[C@@]2(O)[C@H]1C[C@H](O)C2(C)C)[C@@H]3O. The number of rotatable bonds is 1. The maximum atomic E-state index is 11.8. The molecule has 0 unspecified atom stereocenters. The van der Waals surface area contributed by atoms with E-state index in [4.69, 9.17) is 0 Å². The number of hydrogen-bond donors (Lipinski definition) is 5. The number of fused-ring (bicyclic) bond motifs is 2. The Hall–Kier alpha value is -0.690. The van der Waals surface area contributed by atoms with Crippen LogP contribution in [-0.2, 0) is 4.79 Å². The van der Waals surface area contributed by atoms with Crippen molar-refractivity contribution in [2.45, 2.75) is 76.8 Å². The average Bonchev–Trinajstić information content (AvgIpc) is 2.82. The first-order chi connectivity index (χ1) is 12.0. The van der Waals surface area contributed by atoms with E-state index in [1.807, 2.05) is 0 Å². The van der Waals surface area contributed by atoms with Crippen LogP contribution in [0.1, 0.15) is 52.9 Å². The van der Waals surface area contributed by atoms with Crippen molar-refractivity contribution in [3.63, 3.8) is 0 Å². The fourth-order valence-corrected chi connectivity index (χ4v) is 7.68. The largest absolute Gasteiger partial charge is 0.481 e. The van der Waals surface area contributed by atoms with Gasteiger partial charge in [-0.05, 0) is 55.8 Å². The molecule has 148 valence electrons. The summed E-state index contributed by atoms with van der Waals surface area (Å²) in [7, 11) is 0. The fourth-order valence-electron chi connectivity index (χ4n) is 7.68. The molecular weight excluding hydrogens is 336 g/mol. The Morgan fingerprint density at radius 1 is 1.00 bits per heavy atom. The van der Waals surface area contributed by atoms with Gasteiger partial charge in [-0.15, -0.1) is 0 Å². The van der Waals surface area contributed by atoms with Crippen LogP contribution in [0.15, 0.2) is 0 Å². The summed E-state index contributed by atoms with van der Waals surface area (Å²) in [5.41, 5.74) is -2.95. The van der Waals surface area contributed by atoms with Crippen LogP contribution in [0, 0.1) is 40.4 Å². The van der Waals surface area contributed by atoms with Crippen molar-refractivity contribution in [3.05, 3.63) is 0 Å². The van der Waals surface area contributed by atoms with Crippen LogP contribution in [0.3, 0.4) is 0 Å². The predicted octanol–water partition coefficient (Wildman–Crippen LogP) is 1.00. The molecule has 4 fully saturated rings. The van der Waals surface area contributed by atoms with Gasteiger partial charge >= 0.3 is 5.97 Å². The average molecular weight is 368 g/mol. The number of carbonyl (C=O) groups is 1. The minimum atomic E-state index is -1.44. The smallest absolute Gasteiger partial charge is 0.306 e. The van der Waals surface area contributed by atoms with Crippen molar-refractivity contribution in [2.24, 2.45) is 40.4 Å². The van der Waals surface area contributed by atoms with Crippen LogP contribution in [-0.4, -0.2) is 55.4 Å². The molecule has 4 rings (SSSR count). The third kappa shape index (κ3) is 1.94. The summed E-state index contributed by atoms with van der Waals surface area (Å²) >= 11 is 0. The molecule has 0 aromatic carbocycles. The topological polar surface area (TPSA) is 118 Å². The molecule has 4 saturated carbocycles. The van der Waals surface area contributed by atoms with Gasteiger partial charge in [-0.3, -0.25) is 4.79 Å². The Bertz CT molecular complexity index is 619. The normalized spacial score (nSPS) is 58.0. The van der Waals surface area contributed by atoms with E-state index in [0.717, 1.165) is 6.42 Å². The number of aliphatic hydroxyl groups is 4. The molecule has 6 nitrogen and oxygen atoms in total. The van der Waals surface area contributed by atoms with E-state index in [-0.39, 0.29) is 30.1 Å². The Kier molecular flexibility index (Phi) is 3.90. The first-order valence-corrected chi connectivity index (χ1v) is 9.98. The van der Waals surface area contributed by atoms with Gasteiger partial charge in [-0.2, -0.15) is 0 Å². The van der Waals surface area contributed by atoms with Gasteiger partial charge in [0.25, 0.3) is 0 Å². The molecule has 4 aliphatic carbocycles. The lowest BCUT2D eigenvalue weighted by molar-refractivity contribution is -0.178. The number of carboxylic acid groups (broad SMARTS) is 1. The molecule has 2 bridgehead atoms. The number of hydrogen-bond acceptors (Lipinski definition) is 5. The summed E-state index contributed by atoms with van der Waals surface area (Å²) in [6, 6.07) is 0. The molecule has 0 radical (unpaired) electrons. The molecule has 0 aromatic rings. The van der Waals surface area contributed by atoms with E-state index in [9.17, 15) is 30.3 Å². The summed E-state index contributed by atoms with van der Waals surface area (Å²) < 4.78 is 0. The molecule has 0 saturated heterocycles. The van der Waals surface area contributed by atoms with Gasteiger partial charge in [-0.1, -0.05) is 20.8 Å². The van der Waals surface area contributed by atoms with Crippen LogP contribution in [0.5, 0.6) is 0 Å². The van der Waals surface area contributed by atoms with E-state index in [2.05, 4.69) is 6.92 Å². The Labute approximate surface area is 154 Å². The van der Waals surface area contributed by atoms with E-state index < -0.39 is 46.6 Å². The monoisotopic (exact) mass is 368 g/mol. The number of aliphatic hydroxyl groups excluding tert-OH is 3. The molecule has 0 aromatic heterocycles. The van der Waals surface area contributed by atoms with E-state index in [1.54, 1.807) is 13.8 Å². The molecule has 1 spiro atoms. The van der Waals surface area contributed by atoms with E-state index in [0.29, 0.717) is 19.3 Å². The Balaban J connectivity index is 1.81. The summed E-state index contributed by atoms with van der Waals surface area (Å²) in [4.78, 5) is 11.8. The second-order valence-corrected chi connectivity index (χ2v) is 10.2. The molecule has 0 aliphatic heterocycles. The van der Waals surface area contributed by atoms with Crippen molar-refractivity contribution in [2.75, 3.05) is 0 Å². The van der Waals surface area contributed by atoms with Crippen LogP contribution in [0.2, 0.25) is 0 Å². The molecule has 5 N–H and O–H groups in total. The molecule has 6 heteroatoms. The lowest BCUT2D eigenvalue weighted by Gasteiger charge is -2.47. The Morgan fingerprint density at radius 3 is 2.27 bits per heavy atom. The summed E-state index contributed by atoms with van der Waals surface area (Å²) in [6.45, 7) is 5.65. The van der Waals surface area contributed by atoms with Gasteiger partial charge in [-0.25, -0.2) is 0 Å². The zero-order valence-electron chi connectivity index (χ0n) is 15.8. The third-order valence-corrected chi connectivity index (χ3v) is 9.24. The van der Waals surface area contributed by atoms with Crippen molar-refractivity contribution < 1.29 is 30.3 Å². The number of aliphatic carboxylic acids is 1. The van der Waals surface area contributed by atoms with E-state index >= 15 is 0 Å². The highest BCUT2D eigenvalue weighted by molar-refractivity contribution is 5.71. The van der Waals surface area contributed by atoms with Gasteiger partial charge in [0.2, 0.25) is 0 Å². The first-order valence-electron chi connectivity index (χ1n) is 9.98. The summed E-state index contributed by atoms with van der Waals surface area (Å²) in [5.74, 6) is -1.94. The molecule has 4 aliphatic rings. The maximum Gasteiger partial charge on any atom is 0.306 e. The minimum absolute atomic E-state index is 0.00304. The lowest BCUT2D eigenvalue weighted by Crippen LogP contribution is -2.57. The fraction of sp³-hybridized carbons (Fsp3) is 0.950. The lowest BCUT2D eigenvalue weighted by atomic mass is 9.59. The van der Waals surface area contributed by atoms with Crippen LogP contribution in [0.4, 0.5) is 0 Å². The van der Waals surface area contributed by atoms with Crippen molar-refractivity contribution in [1.82, 2.24) is 0 Å². The zero-order chi connectivity index (χ0) is 19.2. The van der Waals surface area contributed by atoms with Crippen LogP contribution >= 0.6 is 0 Å². The van der Waals surface area contributed by atoms with Gasteiger partial charge < -0.3 is 25.5 Å². The second-order valence-electron chi connectivity index (χ2n) is 10.2. The highest BCUT2D eigenvalue weighted by Gasteiger charge is 2.71. The number of carboxylic acids is 1.